The van der Waals surface area contributed by atoms with Crippen LogP contribution >= 0.6 is 0 Å². The number of carbonyl (C=O) groups excluding carboxylic acids is 5. The van der Waals surface area contributed by atoms with E-state index < -0.39 is 66.3 Å². The molecule has 1 saturated heterocycles. The fourth-order valence-corrected chi connectivity index (χ4v) is 4.26. The maximum Gasteiger partial charge on any atom is 0.407 e. The second kappa shape index (κ2) is 17.5. The van der Waals surface area contributed by atoms with E-state index in [0.29, 0.717) is 18.7 Å². The molecule has 1 amide bonds. The van der Waals surface area contributed by atoms with Crippen molar-refractivity contribution in [1.82, 2.24) is 20.3 Å². The third-order valence-corrected chi connectivity index (χ3v) is 5.91. The van der Waals surface area contributed by atoms with Crippen LogP contribution in [0.1, 0.15) is 79.8 Å². The van der Waals surface area contributed by atoms with Gasteiger partial charge in [0.25, 0.3) is 0 Å². The van der Waals surface area contributed by atoms with E-state index in [-0.39, 0.29) is 19.8 Å². The molecule has 44 heavy (non-hydrogen) atoms. The minimum atomic E-state index is -1.27. The average molecular weight is 629 g/mol. The van der Waals surface area contributed by atoms with Gasteiger partial charge in [0.2, 0.25) is 0 Å². The van der Waals surface area contributed by atoms with Crippen molar-refractivity contribution in [3.8, 4) is 0 Å². The fourth-order valence-electron chi connectivity index (χ4n) is 4.26. The van der Waals surface area contributed by atoms with Gasteiger partial charge in [0.15, 0.2) is 24.6 Å². The minimum absolute atomic E-state index is 0.200. The zero-order chi connectivity index (χ0) is 32.9. The summed E-state index contributed by atoms with van der Waals surface area (Å²) in [6.45, 7) is 10.7. The van der Waals surface area contributed by atoms with Crippen LogP contribution in [0.4, 0.5) is 4.79 Å². The summed E-state index contributed by atoms with van der Waals surface area (Å²) in [6, 6.07) is 0. The van der Waals surface area contributed by atoms with E-state index in [4.69, 9.17) is 33.2 Å². The molecular formula is C28H44N4O12. The SMILES string of the molecule is CC(=O)OC[C@H]1O[C@@H](OCCCCCCn2cc(CNC(=O)OC(C)(C)C)nn2)[C@H](OC(C)=O)[C@@H](OC(C)=O)[C@@H]1OC(C)=O. The second-order valence-electron chi connectivity index (χ2n) is 11.2. The van der Waals surface area contributed by atoms with Crippen LogP contribution in [0.5, 0.6) is 0 Å². The maximum absolute atomic E-state index is 11.9. The third kappa shape index (κ3) is 13.7. The molecule has 2 heterocycles. The highest BCUT2D eigenvalue weighted by molar-refractivity contribution is 5.69. The Morgan fingerprint density at radius 3 is 2.09 bits per heavy atom. The van der Waals surface area contributed by atoms with E-state index in [2.05, 4.69) is 15.6 Å². The van der Waals surface area contributed by atoms with Crippen molar-refractivity contribution in [2.24, 2.45) is 0 Å². The predicted molar refractivity (Wildman–Crippen MR) is 149 cm³/mol. The Balaban J connectivity index is 1.89. The molecule has 1 aromatic heterocycles. The minimum Gasteiger partial charge on any atom is -0.463 e. The molecule has 0 aromatic carbocycles. The van der Waals surface area contributed by atoms with Crippen LogP contribution in [0, 0.1) is 0 Å². The molecule has 0 unspecified atom stereocenters. The Kier molecular flexibility index (Phi) is 14.5. The van der Waals surface area contributed by atoms with Gasteiger partial charge in [-0.2, -0.15) is 0 Å². The molecule has 0 saturated carbocycles. The highest BCUT2D eigenvalue weighted by Gasteiger charge is 2.52. The lowest BCUT2D eigenvalue weighted by atomic mass is 9.98. The van der Waals surface area contributed by atoms with E-state index in [1.54, 1.807) is 31.6 Å². The van der Waals surface area contributed by atoms with Crippen molar-refractivity contribution in [2.45, 2.75) is 124 Å². The number of nitrogens with zero attached hydrogens (tertiary/aromatic N) is 3. The van der Waals surface area contributed by atoms with Gasteiger partial charge in [-0.1, -0.05) is 18.1 Å². The number of aryl methyl sites for hydroxylation is 1. The largest absolute Gasteiger partial charge is 0.463 e. The van der Waals surface area contributed by atoms with Gasteiger partial charge in [-0.3, -0.25) is 23.9 Å². The normalized spacial score (nSPS) is 21.6. The maximum atomic E-state index is 11.9. The van der Waals surface area contributed by atoms with Gasteiger partial charge >= 0.3 is 30.0 Å². The van der Waals surface area contributed by atoms with Crippen molar-refractivity contribution < 1.29 is 57.1 Å². The van der Waals surface area contributed by atoms with Gasteiger partial charge in [-0.15, -0.1) is 5.10 Å². The molecule has 16 heteroatoms. The zero-order valence-electron chi connectivity index (χ0n) is 26.4. The highest BCUT2D eigenvalue weighted by Crippen LogP contribution is 2.30. The Morgan fingerprint density at radius 1 is 0.864 bits per heavy atom. The lowest BCUT2D eigenvalue weighted by Gasteiger charge is -2.44. The summed E-state index contributed by atoms with van der Waals surface area (Å²) in [7, 11) is 0. The molecule has 0 spiro atoms. The lowest BCUT2D eigenvalue weighted by Crippen LogP contribution is -2.63. The van der Waals surface area contributed by atoms with Crippen LogP contribution in [0.2, 0.25) is 0 Å². The lowest BCUT2D eigenvalue weighted by molar-refractivity contribution is -0.308. The number of unbranched alkanes of at least 4 members (excludes halogenated alkanes) is 3. The van der Waals surface area contributed by atoms with Crippen LogP contribution in [-0.4, -0.2) is 94.5 Å². The van der Waals surface area contributed by atoms with Crippen molar-refractivity contribution >= 4 is 30.0 Å². The highest BCUT2D eigenvalue weighted by atomic mass is 16.7. The summed E-state index contributed by atoms with van der Waals surface area (Å²) in [4.78, 5) is 58.9. The Morgan fingerprint density at radius 2 is 1.48 bits per heavy atom. The van der Waals surface area contributed by atoms with E-state index in [9.17, 15) is 24.0 Å². The second-order valence-corrected chi connectivity index (χ2v) is 11.2. The van der Waals surface area contributed by atoms with Gasteiger partial charge < -0.3 is 38.5 Å². The molecule has 0 bridgehead atoms. The average Bonchev–Trinajstić information content (AvgIpc) is 3.35. The molecule has 1 fully saturated rings. The summed E-state index contributed by atoms with van der Waals surface area (Å²) in [6.07, 6.45) is -1.73. The Labute approximate surface area is 256 Å². The van der Waals surface area contributed by atoms with Gasteiger partial charge in [-0.05, 0) is 33.6 Å². The fraction of sp³-hybridized carbons (Fsp3) is 0.750. The summed E-state index contributed by atoms with van der Waals surface area (Å²) < 4.78 is 39.9. The van der Waals surface area contributed by atoms with Gasteiger partial charge in [0, 0.05) is 40.8 Å². The van der Waals surface area contributed by atoms with E-state index in [1.807, 2.05) is 0 Å². The van der Waals surface area contributed by atoms with Crippen LogP contribution in [0.3, 0.4) is 0 Å². The molecular weight excluding hydrogens is 584 g/mol. The molecule has 1 aliphatic rings. The van der Waals surface area contributed by atoms with Crippen LogP contribution in [0.25, 0.3) is 0 Å². The van der Waals surface area contributed by atoms with Crippen LogP contribution in [-0.2, 0) is 65.4 Å². The first-order valence-electron chi connectivity index (χ1n) is 14.4. The molecule has 1 N–H and O–H groups in total. The zero-order valence-corrected chi connectivity index (χ0v) is 26.4. The number of rotatable bonds is 15. The van der Waals surface area contributed by atoms with Crippen LogP contribution < -0.4 is 5.32 Å². The smallest absolute Gasteiger partial charge is 0.407 e. The number of alkyl carbamates (subject to hydrolysis) is 1. The monoisotopic (exact) mass is 628 g/mol. The molecule has 16 nitrogen and oxygen atoms in total. The summed E-state index contributed by atoms with van der Waals surface area (Å²) in [5.41, 5.74) is 0.0168. The topological polar surface area (TPSA) is 193 Å². The summed E-state index contributed by atoms with van der Waals surface area (Å²) >= 11 is 0. The molecule has 1 aromatic rings. The molecule has 2 rings (SSSR count). The number of hydrogen-bond acceptors (Lipinski definition) is 14. The number of hydrogen-bond donors (Lipinski definition) is 1. The number of esters is 4. The van der Waals surface area contributed by atoms with E-state index >= 15 is 0 Å². The molecule has 0 aliphatic carbocycles. The van der Waals surface area contributed by atoms with Crippen molar-refractivity contribution in [3.05, 3.63) is 11.9 Å². The first kappa shape index (κ1) is 36.4. The van der Waals surface area contributed by atoms with Gasteiger partial charge in [-0.25, -0.2) is 4.79 Å². The molecule has 0 radical (unpaired) electrons. The molecule has 5 atom stereocenters. The summed E-state index contributed by atoms with van der Waals surface area (Å²) in [5.74, 6) is -2.71. The van der Waals surface area contributed by atoms with Crippen molar-refractivity contribution in [3.63, 3.8) is 0 Å². The third-order valence-electron chi connectivity index (χ3n) is 5.91. The number of ether oxygens (including phenoxy) is 7. The van der Waals surface area contributed by atoms with Gasteiger partial charge in [0.05, 0.1) is 12.7 Å². The first-order valence-corrected chi connectivity index (χ1v) is 14.4. The number of aromatic nitrogens is 3. The molecule has 248 valence electrons. The van der Waals surface area contributed by atoms with E-state index in [1.165, 1.54) is 13.8 Å². The Hall–Kier alpha value is -3.79. The number of nitrogens with one attached hydrogen (secondary N) is 1. The first-order chi connectivity index (χ1) is 20.6. The summed E-state index contributed by atoms with van der Waals surface area (Å²) in [5, 5.41) is 10.8. The van der Waals surface area contributed by atoms with Crippen molar-refractivity contribution in [1.29, 1.82) is 0 Å². The predicted octanol–water partition coefficient (Wildman–Crippen LogP) is 1.96. The van der Waals surface area contributed by atoms with Gasteiger partial charge in [0.1, 0.15) is 24.0 Å². The Bertz CT molecular complexity index is 1120. The van der Waals surface area contributed by atoms with Crippen molar-refractivity contribution in [2.75, 3.05) is 13.2 Å². The quantitative estimate of drug-likeness (QED) is 0.168. The number of carbonyl (C=O) groups is 5. The van der Waals surface area contributed by atoms with Crippen LogP contribution in [0.15, 0.2) is 6.20 Å². The molecule has 1 aliphatic heterocycles. The number of amides is 1. The van der Waals surface area contributed by atoms with E-state index in [0.717, 1.165) is 33.1 Å². The standard InChI is InChI=1S/C28H44N4O12/c1-17(33)39-16-22-23(40-18(2)34)24(41-19(3)35)25(42-20(4)36)26(43-22)38-13-11-9-8-10-12-32-15-21(30-31-32)14-29-27(37)44-28(5,6)7/h15,22-26H,8-14,16H2,1-7H3,(H,29,37)/t22-,23-,24+,25-,26-/m1/s1.